The maximum atomic E-state index is 2.45. The van der Waals surface area contributed by atoms with Crippen LogP contribution in [0, 0.1) is 0 Å². The molecule has 0 saturated carbocycles. The van der Waals surface area contributed by atoms with E-state index >= 15 is 0 Å². The summed E-state index contributed by atoms with van der Waals surface area (Å²) in [4.78, 5) is 4.86. The molecule has 0 aliphatic carbocycles. The van der Waals surface area contributed by atoms with Gasteiger partial charge in [-0.25, -0.2) is 0 Å². The highest BCUT2D eigenvalue weighted by Gasteiger charge is 2.21. The van der Waals surface area contributed by atoms with Crippen molar-refractivity contribution >= 4 is 55.7 Å². The van der Waals surface area contributed by atoms with Crippen LogP contribution in [0.5, 0.6) is 0 Å². The molecule has 0 bridgehead atoms. The van der Waals surface area contributed by atoms with E-state index in [2.05, 4.69) is 278 Å². The second-order valence-corrected chi connectivity index (χ2v) is 17.5. The van der Waals surface area contributed by atoms with Crippen molar-refractivity contribution in [3.63, 3.8) is 0 Å². The van der Waals surface area contributed by atoms with Crippen molar-refractivity contribution in [2.45, 2.75) is 26.7 Å². The molecule has 0 aromatic heterocycles. The molecule has 0 spiro atoms. The quantitative estimate of drug-likeness (QED) is 0.113. The molecule has 0 aliphatic rings. The molecular formula is C66H52N2. The minimum Gasteiger partial charge on any atom is -0.310 e. The van der Waals surface area contributed by atoms with Gasteiger partial charge in [0.25, 0.3) is 0 Å². The zero-order chi connectivity index (χ0) is 45.8. The first kappa shape index (κ1) is 42.2. The SMILES string of the molecule is CCc1c2ccc(N(c3ccccc3)c3cc(-c4ccccc4)cc(-c4ccccc4)c3)cc2c(CC)c2ccc(N(c3ccccc3)c3cc(-c4ccccc4)cc(-c4ccccc4)c3)cc12. The average molecular weight is 873 g/mol. The summed E-state index contributed by atoms with van der Waals surface area (Å²) in [6.07, 6.45) is 1.80. The standard InChI is InChI=1S/C66H52N2/c1-3-61-63-37-35-58(68(56-33-21-10-22-34-56)60-43-53(49-27-15-7-16-28-49)40-54(44-60)50-29-17-8-18-30-50)46-66(63)62(4-2)64-38-36-57(45-65(61)64)67(55-31-19-9-20-32-55)59-41-51(47-23-11-5-12-24-47)39-52(42-59)48-25-13-6-14-26-48/h5-46H,3-4H2,1-2H3. The van der Waals surface area contributed by atoms with E-state index in [9.17, 15) is 0 Å². The van der Waals surface area contributed by atoms with Crippen molar-refractivity contribution in [3.05, 3.63) is 266 Å². The molecule has 0 saturated heterocycles. The molecular weight excluding hydrogens is 821 g/mol. The number of aryl methyl sites for hydroxylation is 2. The van der Waals surface area contributed by atoms with E-state index in [4.69, 9.17) is 0 Å². The number of nitrogens with zero attached hydrogens (tertiary/aromatic N) is 2. The minimum absolute atomic E-state index is 0.898. The highest BCUT2D eigenvalue weighted by molar-refractivity contribution is 6.08. The number of hydrogen-bond donors (Lipinski definition) is 0. The van der Waals surface area contributed by atoms with E-state index in [1.165, 1.54) is 77.2 Å². The molecule has 11 aromatic carbocycles. The summed E-state index contributed by atoms with van der Waals surface area (Å²) >= 11 is 0. The lowest BCUT2D eigenvalue weighted by Crippen LogP contribution is -2.11. The maximum absolute atomic E-state index is 2.45. The fourth-order valence-corrected chi connectivity index (χ4v) is 10.1. The van der Waals surface area contributed by atoms with E-state index in [0.717, 1.165) is 47.0 Å². The molecule has 11 rings (SSSR count). The summed E-state index contributed by atoms with van der Waals surface area (Å²) in [5.41, 5.74) is 18.9. The van der Waals surface area contributed by atoms with Gasteiger partial charge in [0, 0.05) is 34.1 Å². The Morgan fingerprint density at radius 1 is 0.221 bits per heavy atom. The number of hydrogen-bond acceptors (Lipinski definition) is 2. The van der Waals surface area contributed by atoms with Gasteiger partial charge in [-0.05, 0) is 175 Å². The van der Waals surface area contributed by atoms with Gasteiger partial charge in [-0.2, -0.15) is 0 Å². The number of fused-ring (bicyclic) bond motifs is 2. The van der Waals surface area contributed by atoms with Gasteiger partial charge in [-0.3, -0.25) is 0 Å². The van der Waals surface area contributed by atoms with E-state index in [-0.39, 0.29) is 0 Å². The summed E-state index contributed by atoms with van der Waals surface area (Å²) < 4.78 is 0. The highest BCUT2D eigenvalue weighted by Crippen LogP contribution is 2.45. The van der Waals surface area contributed by atoms with Gasteiger partial charge >= 0.3 is 0 Å². The fourth-order valence-electron chi connectivity index (χ4n) is 10.1. The predicted octanol–water partition coefficient (Wildman–Crippen LogP) is 18.7. The number of rotatable bonds is 12. The van der Waals surface area contributed by atoms with E-state index in [1.54, 1.807) is 0 Å². The van der Waals surface area contributed by atoms with E-state index in [0.29, 0.717) is 0 Å². The molecule has 0 amide bonds. The smallest absolute Gasteiger partial charge is 0.0473 e. The Labute approximate surface area is 400 Å². The molecule has 326 valence electrons. The Morgan fingerprint density at radius 2 is 0.500 bits per heavy atom. The average Bonchev–Trinajstić information content (AvgIpc) is 3.42. The molecule has 0 aliphatic heterocycles. The summed E-state index contributed by atoms with van der Waals surface area (Å²) in [6.45, 7) is 4.61. The molecule has 11 aromatic rings. The third-order valence-electron chi connectivity index (χ3n) is 13.3. The van der Waals surface area contributed by atoms with Crippen LogP contribution >= 0.6 is 0 Å². The van der Waals surface area contributed by atoms with Crippen molar-refractivity contribution in [2.75, 3.05) is 9.80 Å². The number of benzene rings is 11. The van der Waals surface area contributed by atoms with Gasteiger partial charge in [-0.1, -0.05) is 184 Å². The first-order chi connectivity index (χ1) is 33.6. The number of anilines is 6. The maximum Gasteiger partial charge on any atom is 0.0473 e. The Kier molecular flexibility index (Phi) is 11.7. The Hall–Kier alpha value is -8.46. The topological polar surface area (TPSA) is 6.48 Å². The van der Waals surface area contributed by atoms with Crippen molar-refractivity contribution in [1.29, 1.82) is 0 Å². The molecule has 0 unspecified atom stereocenters. The van der Waals surface area contributed by atoms with Crippen LogP contribution in [-0.2, 0) is 12.8 Å². The zero-order valence-electron chi connectivity index (χ0n) is 38.6. The first-order valence-electron chi connectivity index (χ1n) is 23.9. The second kappa shape index (κ2) is 18.8. The van der Waals surface area contributed by atoms with Gasteiger partial charge in [0.05, 0.1) is 0 Å². The fraction of sp³-hybridized carbons (Fsp3) is 0.0606. The van der Waals surface area contributed by atoms with Crippen LogP contribution in [-0.4, -0.2) is 0 Å². The normalized spacial score (nSPS) is 11.2. The molecule has 0 radical (unpaired) electrons. The van der Waals surface area contributed by atoms with Crippen molar-refractivity contribution in [2.24, 2.45) is 0 Å². The Morgan fingerprint density at radius 3 is 0.779 bits per heavy atom. The second-order valence-electron chi connectivity index (χ2n) is 17.5. The molecule has 0 N–H and O–H groups in total. The summed E-state index contributed by atoms with van der Waals surface area (Å²) in [7, 11) is 0. The minimum atomic E-state index is 0.898. The number of para-hydroxylation sites is 2. The van der Waals surface area contributed by atoms with Crippen LogP contribution < -0.4 is 9.80 Å². The van der Waals surface area contributed by atoms with Crippen LogP contribution in [0.3, 0.4) is 0 Å². The Balaban J connectivity index is 1.09. The van der Waals surface area contributed by atoms with E-state index < -0.39 is 0 Å². The third kappa shape index (κ3) is 8.23. The molecule has 2 heteroatoms. The zero-order valence-corrected chi connectivity index (χ0v) is 38.6. The molecule has 0 fully saturated rings. The van der Waals surface area contributed by atoms with Crippen LogP contribution in [0.2, 0.25) is 0 Å². The Bertz CT molecular complexity index is 3140. The van der Waals surface area contributed by atoms with Gasteiger partial charge < -0.3 is 9.80 Å². The van der Waals surface area contributed by atoms with Crippen LogP contribution in [0.4, 0.5) is 34.1 Å². The van der Waals surface area contributed by atoms with Crippen molar-refractivity contribution in [3.8, 4) is 44.5 Å². The molecule has 2 nitrogen and oxygen atoms in total. The van der Waals surface area contributed by atoms with Crippen LogP contribution in [0.1, 0.15) is 25.0 Å². The lowest BCUT2D eigenvalue weighted by Gasteiger charge is -2.29. The summed E-state index contributed by atoms with van der Waals surface area (Å²) in [6, 6.07) is 92.9. The van der Waals surface area contributed by atoms with Gasteiger partial charge in [0.15, 0.2) is 0 Å². The van der Waals surface area contributed by atoms with Crippen LogP contribution in [0.15, 0.2) is 255 Å². The monoisotopic (exact) mass is 872 g/mol. The molecule has 0 atom stereocenters. The molecule has 68 heavy (non-hydrogen) atoms. The first-order valence-corrected chi connectivity index (χ1v) is 23.9. The van der Waals surface area contributed by atoms with Gasteiger partial charge in [-0.15, -0.1) is 0 Å². The lowest BCUT2D eigenvalue weighted by molar-refractivity contribution is 1.15. The van der Waals surface area contributed by atoms with Gasteiger partial charge in [0.1, 0.15) is 0 Å². The lowest BCUT2D eigenvalue weighted by atomic mass is 9.88. The molecule has 0 heterocycles. The largest absolute Gasteiger partial charge is 0.310 e. The van der Waals surface area contributed by atoms with Crippen molar-refractivity contribution in [1.82, 2.24) is 0 Å². The highest BCUT2D eigenvalue weighted by atomic mass is 15.1. The van der Waals surface area contributed by atoms with E-state index in [1.807, 2.05) is 0 Å². The summed E-state index contributed by atoms with van der Waals surface area (Å²) in [5, 5.41) is 5.21. The van der Waals surface area contributed by atoms with Crippen LogP contribution in [0.25, 0.3) is 66.1 Å². The van der Waals surface area contributed by atoms with Crippen molar-refractivity contribution < 1.29 is 0 Å². The predicted molar refractivity (Wildman–Crippen MR) is 291 cm³/mol. The van der Waals surface area contributed by atoms with Gasteiger partial charge in [0.2, 0.25) is 0 Å². The third-order valence-corrected chi connectivity index (χ3v) is 13.3. The summed E-state index contributed by atoms with van der Waals surface area (Å²) in [5.74, 6) is 0.